The SMILES string of the molecule is CCCO[CH]COC1CC1. The smallest absolute Gasteiger partial charge is 0.109 e. The molecule has 0 aliphatic heterocycles. The summed E-state index contributed by atoms with van der Waals surface area (Å²) in [6, 6.07) is 0. The van der Waals surface area contributed by atoms with Gasteiger partial charge in [-0.2, -0.15) is 0 Å². The van der Waals surface area contributed by atoms with Gasteiger partial charge >= 0.3 is 0 Å². The highest BCUT2D eigenvalue weighted by Gasteiger charge is 2.21. The molecule has 1 aliphatic carbocycles. The largest absolute Gasteiger partial charge is 0.375 e. The van der Waals surface area contributed by atoms with Gasteiger partial charge in [-0.3, -0.25) is 0 Å². The molecule has 1 aliphatic rings. The summed E-state index contributed by atoms with van der Waals surface area (Å²) in [5.74, 6) is 0. The van der Waals surface area contributed by atoms with Gasteiger partial charge in [-0.25, -0.2) is 0 Å². The first-order valence-electron chi connectivity index (χ1n) is 3.98. The molecular weight excluding hydrogens is 128 g/mol. The van der Waals surface area contributed by atoms with Gasteiger partial charge in [0.15, 0.2) is 0 Å². The maximum absolute atomic E-state index is 5.32. The Morgan fingerprint density at radius 2 is 2.30 bits per heavy atom. The van der Waals surface area contributed by atoms with Gasteiger partial charge < -0.3 is 9.47 Å². The zero-order valence-corrected chi connectivity index (χ0v) is 6.51. The molecule has 0 unspecified atom stereocenters. The fourth-order valence-corrected chi connectivity index (χ4v) is 0.659. The second-order valence-electron chi connectivity index (χ2n) is 2.57. The normalized spacial score (nSPS) is 17.7. The Hall–Kier alpha value is -0.0800. The van der Waals surface area contributed by atoms with Gasteiger partial charge in [0.2, 0.25) is 0 Å². The van der Waals surface area contributed by atoms with Gasteiger partial charge in [-0.15, -0.1) is 0 Å². The first-order valence-corrected chi connectivity index (χ1v) is 3.98. The predicted octanol–water partition coefficient (Wildman–Crippen LogP) is 1.75. The van der Waals surface area contributed by atoms with E-state index < -0.39 is 0 Å². The van der Waals surface area contributed by atoms with Gasteiger partial charge in [-0.05, 0) is 19.3 Å². The summed E-state index contributed by atoms with van der Waals surface area (Å²) in [6.07, 6.45) is 4.09. The minimum absolute atomic E-state index is 0.543. The van der Waals surface area contributed by atoms with Crippen LogP contribution in [0.3, 0.4) is 0 Å². The molecule has 1 saturated carbocycles. The van der Waals surface area contributed by atoms with E-state index in [2.05, 4.69) is 6.92 Å². The standard InChI is InChI=1S/C8H15O2/c1-2-5-9-6-7-10-8-3-4-8/h6,8H,2-5,7H2,1H3. The summed E-state index contributed by atoms with van der Waals surface area (Å²) < 4.78 is 10.4. The van der Waals surface area contributed by atoms with Gasteiger partial charge in [0, 0.05) is 6.61 Å². The van der Waals surface area contributed by atoms with Crippen molar-refractivity contribution in [2.75, 3.05) is 13.2 Å². The van der Waals surface area contributed by atoms with Crippen molar-refractivity contribution in [1.82, 2.24) is 0 Å². The average molecular weight is 143 g/mol. The van der Waals surface area contributed by atoms with E-state index in [0.29, 0.717) is 12.7 Å². The van der Waals surface area contributed by atoms with Crippen LogP contribution in [0.4, 0.5) is 0 Å². The minimum atomic E-state index is 0.543. The van der Waals surface area contributed by atoms with Gasteiger partial charge in [-0.1, -0.05) is 6.92 Å². The molecular formula is C8H15O2. The van der Waals surface area contributed by atoms with Crippen LogP contribution >= 0.6 is 0 Å². The van der Waals surface area contributed by atoms with E-state index in [-0.39, 0.29) is 0 Å². The third-order valence-corrected chi connectivity index (χ3v) is 1.36. The fourth-order valence-electron chi connectivity index (χ4n) is 0.659. The Kier molecular flexibility index (Phi) is 3.76. The number of hydrogen-bond acceptors (Lipinski definition) is 2. The molecule has 0 heterocycles. The topological polar surface area (TPSA) is 18.5 Å². The zero-order valence-electron chi connectivity index (χ0n) is 6.51. The van der Waals surface area contributed by atoms with Crippen molar-refractivity contribution in [3.8, 4) is 0 Å². The van der Waals surface area contributed by atoms with Crippen LogP contribution in [0.2, 0.25) is 0 Å². The van der Waals surface area contributed by atoms with Gasteiger partial charge in [0.05, 0.1) is 12.7 Å². The highest BCUT2D eigenvalue weighted by atomic mass is 16.5. The molecule has 0 N–H and O–H groups in total. The molecule has 2 nitrogen and oxygen atoms in total. The summed E-state index contributed by atoms with van der Waals surface area (Å²) in [7, 11) is 0. The lowest BCUT2D eigenvalue weighted by Crippen LogP contribution is -2.00. The molecule has 59 valence electrons. The van der Waals surface area contributed by atoms with E-state index >= 15 is 0 Å². The average Bonchev–Trinajstić information content (AvgIpc) is 2.71. The van der Waals surface area contributed by atoms with Gasteiger partial charge in [0.25, 0.3) is 0 Å². The molecule has 0 aromatic carbocycles. The summed E-state index contributed by atoms with van der Waals surface area (Å²) >= 11 is 0. The highest BCUT2D eigenvalue weighted by molar-refractivity contribution is 4.73. The van der Waals surface area contributed by atoms with E-state index in [1.165, 1.54) is 12.8 Å². The lowest BCUT2D eigenvalue weighted by atomic mass is 10.5. The predicted molar refractivity (Wildman–Crippen MR) is 39.5 cm³/mol. The van der Waals surface area contributed by atoms with Crippen molar-refractivity contribution in [3.05, 3.63) is 6.61 Å². The Bertz CT molecular complexity index is 79.3. The van der Waals surface area contributed by atoms with Crippen molar-refractivity contribution in [1.29, 1.82) is 0 Å². The number of ether oxygens (including phenoxy) is 2. The third kappa shape index (κ3) is 3.85. The Balaban J connectivity index is 1.68. The number of hydrogen-bond donors (Lipinski definition) is 0. The van der Waals surface area contributed by atoms with E-state index in [0.717, 1.165) is 13.0 Å². The lowest BCUT2D eigenvalue weighted by molar-refractivity contribution is 0.0809. The molecule has 2 heteroatoms. The van der Waals surface area contributed by atoms with Crippen LogP contribution in [0.5, 0.6) is 0 Å². The third-order valence-electron chi connectivity index (χ3n) is 1.36. The van der Waals surface area contributed by atoms with Gasteiger partial charge in [0.1, 0.15) is 6.61 Å². The quantitative estimate of drug-likeness (QED) is 0.527. The van der Waals surface area contributed by atoms with Crippen LogP contribution in [0.1, 0.15) is 26.2 Å². The monoisotopic (exact) mass is 143 g/mol. The van der Waals surface area contributed by atoms with Crippen LogP contribution < -0.4 is 0 Å². The van der Waals surface area contributed by atoms with E-state index in [4.69, 9.17) is 9.47 Å². The van der Waals surface area contributed by atoms with E-state index in [1.54, 1.807) is 6.61 Å². The molecule has 1 rings (SSSR count). The van der Waals surface area contributed by atoms with Crippen LogP contribution in [-0.4, -0.2) is 19.3 Å². The second kappa shape index (κ2) is 4.69. The van der Waals surface area contributed by atoms with Crippen LogP contribution in [0.25, 0.3) is 0 Å². The fraction of sp³-hybridized carbons (Fsp3) is 0.875. The summed E-state index contributed by atoms with van der Waals surface area (Å²) in [6.45, 7) is 5.32. The Morgan fingerprint density at radius 1 is 1.50 bits per heavy atom. The van der Waals surface area contributed by atoms with Crippen LogP contribution in [0.15, 0.2) is 0 Å². The lowest BCUT2D eigenvalue weighted by Gasteiger charge is -2.01. The van der Waals surface area contributed by atoms with Crippen molar-refractivity contribution in [3.63, 3.8) is 0 Å². The number of rotatable bonds is 6. The van der Waals surface area contributed by atoms with E-state index in [9.17, 15) is 0 Å². The van der Waals surface area contributed by atoms with Crippen LogP contribution in [-0.2, 0) is 9.47 Å². The maximum atomic E-state index is 5.32. The van der Waals surface area contributed by atoms with Crippen molar-refractivity contribution in [2.24, 2.45) is 0 Å². The molecule has 0 spiro atoms. The zero-order chi connectivity index (χ0) is 7.23. The molecule has 0 aromatic rings. The second-order valence-corrected chi connectivity index (χ2v) is 2.57. The van der Waals surface area contributed by atoms with Crippen molar-refractivity contribution >= 4 is 0 Å². The summed E-state index contributed by atoms with van der Waals surface area (Å²) in [4.78, 5) is 0. The molecule has 1 fully saturated rings. The molecule has 0 amide bonds. The molecule has 0 atom stereocenters. The molecule has 0 bridgehead atoms. The van der Waals surface area contributed by atoms with Crippen molar-refractivity contribution in [2.45, 2.75) is 32.3 Å². The molecule has 10 heavy (non-hydrogen) atoms. The minimum Gasteiger partial charge on any atom is -0.375 e. The molecule has 0 saturated heterocycles. The Labute approximate surface area is 62.5 Å². The first-order chi connectivity index (χ1) is 4.93. The van der Waals surface area contributed by atoms with E-state index in [1.807, 2.05) is 0 Å². The van der Waals surface area contributed by atoms with Crippen LogP contribution in [0, 0.1) is 6.61 Å². The first kappa shape index (κ1) is 8.02. The summed E-state index contributed by atoms with van der Waals surface area (Å²) in [5.41, 5.74) is 0. The molecule has 1 radical (unpaired) electrons. The maximum Gasteiger partial charge on any atom is 0.109 e. The van der Waals surface area contributed by atoms with Crippen molar-refractivity contribution < 1.29 is 9.47 Å². The highest BCUT2D eigenvalue weighted by Crippen LogP contribution is 2.23. The Morgan fingerprint density at radius 3 is 2.90 bits per heavy atom. The summed E-state index contributed by atoms with van der Waals surface area (Å²) in [5, 5.41) is 0. The molecule has 0 aromatic heterocycles.